The number of amides is 2. The summed E-state index contributed by atoms with van der Waals surface area (Å²) in [5, 5.41) is 9.00. The van der Waals surface area contributed by atoms with Crippen molar-refractivity contribution >= 4 is 23.8 Å². The van der Waals surface area contributed by atoms with Crippen LogP contribution in [0.25, 0.3) is 0 Å². The van der Waals surface area contributed by atoms with Crippen molar-refractivity contribution in [3.63, 3.8) is 0 Å². The second kappa shape index (κ2) is 10.4. The van der Waals surface area contributed by atoms with Gasteiger partial charge in [-0.3, -0.25) is 9.59 Å². The summed E-state index contributed by atoms with van der Waals surface area (Å²) >= 11 is 0. The van der Waals surface area contributed by atoms with E-state index in [1.807, 2.05) is 42.2 Å². The number of nitriles is 1. The van der Waals surface area contributed by atoms with Crippen LogP contribution in [0.3, 0.4) is 0 Å². The number of fused-ring (bicyclic) bond motifs is 1. The molecule has 30 heavy (non-hydrogen) atoms. The number of primary amides is 1. The van der Waals surface area contributed by atoms with Crippen molar-refractivity contribution in [1.29, 1.82) is 5.26 Å². The van der Waals surface area contributed by atoms with Crippen LogP contribution in [0.2, 0.25) is 0 Å². The third kappa shape index (κ3) is 5.80. The second-order valence-corrected chi connectivity index (χ2v) is 7.69. The van der Waals surface area contributed by atoms with Crippen molar-refractivity contribution in [2.24, 2.45) is 17.6 Å². The number of rotatable bonds is 1. The van der Waals surface area contributed by atoms with Crippen LogP contribution in [0.1, 0.15) is 43.5 Å². The zero-order chi connectivity index (χ0) is 22.3. The highest BCUT2D eigenvalue weighted by Gasteiger charge is 2.43. The molecule has 1 aromatic heterocycles. The maximum absolute atomic E-state index is 12.1. The highest BCUT2D eigenvalue weighted by molar-refractivity contribution is 5.94. The highest BCUT2D eigenvalue weighted by Crippen LogP contribution is 2.45. The largest absolute Gasteiger partial charge is 0.384 e. The molecular weight excluding hydrogens is 378 g/mol. The molecule has 2 aliphatic rings. The molecule has 158 valence electrons. The Morgan fingerprint density at radius 2 is 1.97 bits per heavy atom. The second-order valence-electron chi connectivity index (χ2n) is 7.69. The molecule has 1 aliphatic carbocycles. The molecule has 2 amide bonds. The van der Waals surface area contributed by atoms with Crippen LogP contribution >= 0.6 is 0 Å². The van der Waals surface area contributed by atoms with Crippen LogP contribution in [0.5, 0.6) is 0 Å². The molecule has 1 unspecified atom stereocenters. The van der Waals surface area contributed by atoms with Gasteiger partial charge in [-0.2, -0.15) is 5.26 Å². The lowest BCUT2D eigenvalue weighted by atomic mass is 9.83. The first-order chi connectivity index (χ1) is 14.3. The lowest BCUT2D eigenvalue weighted by molar-refractivity contribution is -0.117. The first kappa shape index (κ1) is 22.9. The van der Waals surface area contributed by atoms with Gasteiger partial charge in [0.05, 0.1) is 11.6 Å². The summed E-state index contributed by atoms with van der Waals surface area (Å²) in [6.07, 6.45) is 3.70. The Labute approximate surface area is 177 Å². The Hall–Kier alpha value is -3.40. The fraction of sp³-hybridized carbons (Fsp3) is 0.391. The molecule has 0 radical (unpaired) electrons. The van der Waals surface area contributed by atoms with Gasteiger partial charge in [-0.15, -0.1) is 0 Å². The van der Waals surface area contributed by atoms with Crippen molar-refractivity contribution in [3.05, 3.63) is 53.2 Å². The van der Waals surface area contributed by atoms with E-state index in [1.54, 1.807) is 13.0 Å². The zero-order valence-corrected chi connectivity index (χ0v) is 17.7. The van der Waals surface area contributed by atoms with E-state index in [1.165, 1.54) is 12.8 Å². The standard InChI is InChI=1S/C16H18N2O.C6H8N2.CH3NO/c1-10-7-14-8-12(9-17)3-6-15(14)18(11(2)19)16(10)13-4-5-13;1-5-3-2-4-6(7)8-5;2-1-3/h3,6,8,10,13,16H,4-5,7H2,1-2H3;2-4H,1H3,(H2,7,8);1H,(H2,2,3)/t10?,16-;;/m1../s1. The quantitative estimate of drug-likeness (QED) is 0.703. The number of anilines is 2. The normalized spacial score (nSPS) is 19.1. The Bertz CT molecular complexity index is 916. The minimum absolute atomic E-state index is 0.120. The minimum Gasteiger partial charge on any atom is -0.384 e. The molecule has 0 saturated heterocycles. The molecule has 0 spiro atoms. The fourth-order valence-electron chi connectivity index (χ4n) is 3.99. The summed E-state index contributed by atoms with van der Waals surface area (Å²) in [7, 11) is 0. The van der Waals surface area contributed by atoms with Crippen molar-refractivity contribution in [1.82, 2.24) is 4.98 Å². The molecule has 4 rings (SSSR count). The molecule has 2 heterocycles. The fourth-order valence-corrected chi connectivity index (χ4v) is 3.99. The molecule has 2 atom stereocenters. The lowest BCUT2D eigenvalue weighted by Gasteiger charge is -2.41. The maximum Gasteiger partial charge on any atom is 0.224 e. The zero-order valence-electron chi connectivity index (χ0n) is 17.7. The molecule has 1 aliphatic heterocycles. The molecule has 7 heteroatoms. The van der Waals surface area contributed by atoms with E-state index in [0.717, 1.165) is 23.4 Å². The third-order valence-corrected chi connectivity index (χ3v) is 5.25. The van der Waals surface area contributed by atoms with Gasteiger partial charge in [0.25, 0.3) is 0 Å². The van der Waals surface area contributed by atoms with Crippen LogP contribution < -0.4 is 16.4 Å². The van der Waals surface area contributed by atoms with Gasteiger partial charge in [-0.1, -0.05) is 13.0 Å². The van der Waals surface area contributed by atoms with Gasteiger partial charge in [0.2, 0.25) is 12.3 Å². The summed E-state index contributed by atoms with van der Waals surface area (Å²) in [6, 6.07) is 13.8. The number of nitrogens with two attached hydrogens (primary N) is 2. The Kier molecular flexibility index (Phi) is 7.93. The number of hydrogen-bond donors (Lipinski definition) is 2. The van der Waals surface area contributed by atoms with Crippen molar-refractivity contribution < 1.29 is 9.59 Å². The van der Waals surface area contributed by atoms with E-state index >= 15 is 0 Å². The van der Waals surface area contributed by atoms with Gasteiger partial charge < -0.3 is 16.4 Å². The average Bonchev–Trinajstić information content (AvgIpc) is 3.52. The first-order valence-corrected chi connectivity index (χ1v) is 9.99. The summed E-state index contributed by atoms with van der Waals surface area (Å²) in [4.78, 5) is 26.6. The first-order valence-electron chi connectivity index (χ1n) is 9.99. The summed E-state index contributed by atoms with van der Waals surface area (Å²) in [5.74, 6) is 1.85. The predicted octanol–water partition coefficient (Wildman–Crippen LogP) is 2.96. The highest BCUT2D eigenvalue weighted by atomic mass is 16.2. The van der Waals surface area contributed by atoms with Gasteiger partial charge in [0, 0.05) is 24.3 Å². The number of aryl methyl sites for hydroxylation is 1. The molecule has 0 bridgehead atoms. The number of aromatic nitrogens is 1. The lowest BCUT2D eigenvalue weighted by Crippen LogP contribution is -2.48. The summed E-state index contributed by atoms with van der Waals surface area (Å²) in [5.41, 5.74) is 13.3. The third-order valence-electron chi connectivity index (χ3n) is 5.25. The Morgan fingerprint density at radius 1 is 1.30 bits per heavy atom. The molecule has 2 aromatic rings. The van der Waals surface area contributed by atoms with Gasteiger partial charge in [-0.25, -0.2) is 4.98 Å². The molecular formula is C23H29N5O2. The van der Waals surface area contributed by atoms with Gasteiger partial charge in [0.15, 0.2) is 0 Å². The van der Waals surface area contributed by atoms with E-state index in [2.05, 4.69) is 23.7 Å². The number of carbonyl (C=O) groups excluding carboxylic acids is 2. The maximum atomic E-state index is 12.1. The summed E-state index contributed by atoms with van der Waals surface area (Å²) < 4.78 is 0. The van der Waals surface area contributed by atoms with E-state index in [4.69, 9.17) is 15.8 Å². The number of hydrogen-bond acceptors (Lipinski definition) is 5. The number of nitrogens with zero attached hydrogens (tertiary/aromatic N) is 3. The van der Waals surface area contributed by atoms with Crippen molar-refractivity contribution in [3.8, 4) is 6.07 Å². The average molecular weight is 408 g/mol. The van der Waals surface area contributed by atoms with Gasteiger partial charge in [-0.05, 0) is 73.9 Å². The Morgan fingerprint density at radius 3 is 2.43 bits per heavy atom. The smallest absolute Gasteiger partial charge is 0.224 e. The molecule has 1 aromatic carbocycles. The predicted molar refractivity (Wildman–Crippen MR) is 117 cm³/mol. The van der Waals surface area contributed by atoms with Crippen molar-refractivity contribution in [2.75, 3.05) is 10.6 Å². The van der Waals surface area contributed by atoms with Gasteiger partial charge >= 0.3 is 0 Å². The van der Waals surface area contributed by atoms with Crippen LogP contribution in [0, 0.1) is 30.1 Å². The number of nitrogen functional groups attached to an aromatic ring is 1. The van der Waals surface area contributed by atoms with Crippen LogP contribution in [-0.2, 0) is 16.0 Å². The van der Waals surface area contributed by atoms with Crippen LogP contribution in [0.15, 0.2) is 36.4 Å². The van der Waals surface area contributed by atoms with Crippen molar-refractivity contribution in [2.45, 2.75) is 46.1 Å². The monoisotopic (exact) mass is 407 g/mol. The van der Waals surface area contributed by atoms with E-state index in [0.29, 0.717) is 29.3 Å². The van der Waals surface area contributed by atoms with E-state index < -0.39 is 0 Å². The molecule has 7 nitrogen and oxygen atoms in total. The number of carbonyl (C=O) groups is 2. The van der Waals surface area contributed by atoms with Crippen LogP contribution in [-0.4, -0.2) is 23.3 Å². The van der Waals surface area contributed by atoms with Gasteiger partial charge in [0.1, 0.15) is 5.82 Å². The van der Waals surface area contributed by atoms with Crippen LogP contribution in [0.4, 0.5) is 11.5 Å². The molecule has 1 saturated carbocycles. The molecule has 4 N–H and O–H groups in total. The minimum atomic E-state index is 0.120. The number of pyridine rings is 1. The number of benzene rings is 1. The summed E-state index contributed by atoms with van der Waals surface area (Å²) in [6.45, 7) is 5.78. The SMILES string of the molecule is CC(=O)N1c2ccc(C#N)cc2CC(C)[C@@H]1C1CC1.Cc1cccc(N)n1.NC=O. The topological polar surface area (TPSA) is 126 Å². The Balaban J connectivity index is 0.000000243. The molecule has 1 fully saturated rings. The van der Waals surface area contributed by atoms with E-state index in [-0.39, 0.29) is 12.3 Å². The van der Waals surface area contributed by atoms with E-state index in [9.17, 15) is 4.79 Å².